The Labute approximate surface area is 138 Å². The van der Waals surface area contributed by atoms with Crippen molar-refractivity contribution in [3.8, 4) is 0 Å². The van der Waals surface area contributed by atoms with E-state index < -0.39 is 0 Å². The van der Waals surface area contributed by atoms with E-state index in [0.717, 1.165) is 5.56 Å². The fourth-order valence-electron chi connectivity index (χ4n) is 1.82. The van der Waals surface area contributed by atoms with Gasteiger partial charge in [0.05, 0.1) is 5.56 Å². The lowest BCUT2D eigenvalue weighted by Gasteiger charge is -2.17. The van der Waals surface area contributed by atoms with Crippen LogP contribution in [0, 0.1) is 5.82 Å². The minimum atomic E-state index is -0.362. The Kier molecular flexibility index (Phi) is 6.78. The van der Waals surface area contributed by atoms with Crippen molar-refractivity contribution in [2.45, 2.75) is 6.42 Å². The molecule has 1 aromatic carbocycles. The average Bonchev–Trinajstić information content (AvgIpc) is 2.46. The zero-order chi connectivity index (χ0) is 14.5. The first kappa shape index (κ1) is 17.6. The third-order valence-corrected chi connectivity index (χ3v) is 3.34. The monoisotopic (exact) mass is 372 g/mol. The zero-order valence-corrected chi connectivity index (χ0v) is 13.9. The summed E-state index contributed by atoms with van der Waals surface area (Å²) in [5.41, 5.74) is 1.36. The van der Waals surface area contributed by atoms with E-state index in [0.29, 0.717) is 23.6 Å². The molecule has 0 bridgehead atoms. The Hall–Kier alpha value is -1.46. The molecule has 1 heterocycles. The predicted octanol–water partition coefficient (Wildman–Crippen LogP) is 3.77. The fraction of sp³-hybridized carbons (Fsp3) is 0.200. The number of benzene rings is 1. The van der Waals surface area contributed by atoms with E-state index >= 15 is 0 Å². The number of amides is 1. The molecule has 0 aliphatic carbocycles. The maximum atomic E-state index is 12.9. The van der Waals surface area contributed by atoms with Gasteiger partial charge in [-0.3, -0.25) is 9.78 Å². The lowest BCUT2D eigenvalue weighted by molar-refractivity contribution is 0.0796. The van der Waals surface area contributed by atoms with Crippen LogP contribution in [0.4, 0.5) is 4.39 Å². The van der Waals surface area contributed by atoms with Gasteiger partial charge in [0.15, 0.2) is 0 Å². The second-order valence-electron chi connectivity index (χ2n) is 4.45. The van der Waals surface area contributed by atoms with Crippen LogP contribution in [-0.2, 0) is 6.42 Å². The van der Waals surface area contributed by atoms with Gasteiger partial charge < -0.3 is 4.90 Å². The van der Waals surface area contributed by atoms with Gasteiger partial charge in [0, 0.05) is 31.0 Å². The topological polar surface area (TPSA) is 33.2 Å². The van der Waals surface area contributed by atoms with Crippen LogP contribution in [0.5, 0.6) is 0 Å². The number of carbonyl (C=O) groups excluding carboxylic acids is 1. The summed E-state index contributed by atoms with van der Waals surface area (Å²) in [5.74, 6) is -0.463. The van der Waals surface area contributed by atoms with Gasteiger partial charge in [-0.15, -0.1) is 17.0 Å². The van der Waals surface area contributed by atoms with E-state index in [1.165, 1.54) is 18.3 Å². The number of pyridine rings is 1. The summed E-state index contributed by atoms with van der Waals surface area (Å²) in [6, 6.07) is 7.72. The number of rotatable bonds is 4. The molecule has 2 aromatic rings. The molecular formula is C15H15BrClFN2O. The molecule has 21 heavy (non-hydrogen) atoms. The molecule has 3 nitrogen and oxygen atoms in total. The SMILES string of the molecule is Br.CN(CCc1ccc(F)cc1Cl)C(=O)c1cccnc1. The minimum absolute atomic E-state index is 0. The first-order valence-electron chi connectivity index (χ1n) is 6.17. The van der Waals surface area contributed by atoms with Crippen molar-refractivity contribution in [1.29, 1.82) is 0 Å². The molecule has 0 radical (unpaired) electrons. The number of nitrogens with zero attached hydrogens (tertiary/aromatic N) is 2. The maximum absolute atomic E-state index is 12.9. The highest BCUT2D eigenvalue weighted by Crippen LogP contribution is 2.18. The molecule has 0 fully saturated rings. The summed E-state index contributed by atoms with van der Waals surface area (Å²) < 4.78 is 12.9. The quantitative estimate of drug-likeness (QED) is 0.817. The molecular weight excluding hydrogens is 359 g/mol. The molecule has 1 amide bonds. The summed E-state index contributed by atoms with van der Waals surface area (Å²) in [7, 11) is 1.72. The first-order chi connectivity index (χ1) is 9.58. The number of hydrogen-bond donors (Lipinski definition) is 0. The highest BCUT2D eigenvalue weighted by atomic mass is 79.9. The van der Waals surface area contributed by atoms with Crippen molar-refractivity contribution in [2.24, 2.45) is 0 Å². The van der Waals surface area contributed by atoms with Gasteiger partial charge in [-0.2, -0.15) is 0 Å². The van der Waals surface area contributed by atoms with Crippen molar-refractivity contribution >= 4 is 34.5 Å². The molecule has 2 rings (SSSR count). The van der Waals surface area contributed by atoms with Crippen LogP contribution < -0.4 is 0 Å². The smallest absolute Gasteiger partial charge is 0.255 e. The second-order valence-corrected chi connectivity index (χ2v) is 4.86. The lowest BCUT2D eigenvalue weighted by atomic mass is 10.1. The van der Waals surface area contributed by atoms with E-state index in [9.17, 15) is 9.18 Å². The average molecular weight is 374 g/mol. The van der Waals surface area contributed by atoms with Gasteiger partial charge in [-0.05, 0) is 36.2 Å². The van der Waals surface area contributed by atoms with Gasteiger partial charge in [-0.1, -0.05) is 17.7 Å². The Morgan fingerprint density at radius 1 is 1.38 bits per heavy atom. The molecule has 6 heteroatoms. The normalized spacial score (nSPS) is 9.86. The molecule has 0 atom stereocenters. The standard InChI is InChI=1S/C15H14ClFN2O.BrH/c1-19(15(20)12-3-2-7-18-10-12)8-6-11-4-5-13(17)9-14(11)16;/h2-5,7,9-10H,6,8H2,1H3;1H. The summed E-state index contributed by atoms with van der Waals surface area (Å²) in [6.45, 7) is 0.499. The number of hydrogen-bond acceptors (Lipinski definition) is 2. The molecule has 1 aromatic heterocycles. The molecule has 0 spiro atoms. The predicted molar refractivity (Wildman–Crippen MR) is 86.6 cm³/mol. The van der Waals surface area contributed by atoms with E-state index in [1.54, 1.807) is 36.3 Å². The van der Waals surface area contributed by atoms with Crippen molar-refractivity contribution in [3.63, 3.8) is 0 Å². The lowest BCUT2D eigenvalue weighted by Crippen LogP contribution is -2.28. The number of likely N-dealkylation sites (N-methyl/N-ethyl adjacent to an activating group) is 1. The van der Waals surface area contributed by atoms with E-state index in [1.807, 2.05) is 0 Å². The van der Waals surface area contributed by atoms with Gasteiger partial charge in [0.1, 0.15) is 5.82 Å². The highest BCUT2D eigenvalue weighted by molar-refractivity contribution is 8.93. The summed E-state index contributed by atoms with van der Waals surface area (Å²) >= 11 is 5.96. The maximum Gasteiger partial charge on any atom is 0.255 e. The molecule has 0 saturated heterocycles. The Balaban J connectivity index is 0.00000220. The van der Waals surface area contributed by atoms with Crippen LogP contribution in [0.2, 0.25) is 5.02 Å². The van der Waals surface area contributed by atoms with Crippen LogP contribution in [0.1, 0.15) is 15.9 Å². The van der Waals surface area contributed by atoms with E-state index in [-0.39, 0.29) is 28.7 Å². The Morgan fingerprint density at radius 3 is 2.76 bits per heavy atom. The van der Waals surface area contributed by atoms with E-state index in [2.05, 4.69) is 4.98 Å². The number of aromatic nitrogens is 1. The van der Waals surface area contributed by atoms with Crippen molar-refractivity contribution in [2.75, 3.05) is 13.6 Å². The second kappa shape index (κ2) is 8.10. The van der Waals surface area contributed by atoms with Crippen LogP contribution in [0.25, 0.3) is 0 Å². The number of halogens is 3. The van der Waals surface area contributed by atoms with E-state index in [4.69, 9.17) is 11.6 Å². The van der Waals surface area contributed by atoms with Gasteiger partial charge in [0.2, 0.25) is 0 Å². The van der Waals surface area contributed by atoms with Crippen molar-refractivity contribution < 1.29 is 9.18 Å². The van der Waals surface area contributed by atoms with Crippen LogP contribution >= 0.6 is 28.6 Å². The summed E-state index contributed by atoms with van der Waals surface area (Å²) in [5, 5.41) is 0.382. The third-order valence-electron chi connectivity index (χ3n) is 2.99. The summed E-state index contributed by atoms with van der Waals surface area (Å²) in [4.78, 5) is 17.6. The molecule has 112 valence electrons. The first-order valence-corrected chi connectivity index (χ1v) is 6.55. The summed E-state index contributed by atoms with van der Waals surface area (Å²) in [6.07, 6.45) is 3.72. The number of carbonyl (C=O) groups is 1. The fourth-order valence-corrected chi connectivity index (χ4v) is 2.09. The van der Waals surface area contributed by atoms with Crippen LogP contribution in [-0.4, -0.2) is 29.4 Å². The van der Waals surface area contributed by atoms with Gasteiger partial charge in [-0.25, -0.2) is 4.39 Å². The minimum Gasteiger partial charge on any atom is -0.341 e. The van der Waals surface area contributed by atoms with Crippen LogP contribution in [0.3, 0.4) is 0 Å². The highest BCUT2D eigenvalue weighted by Gasteiger charge is 2.12. The Morgan fingerprint density at radius 2 is 2.14 bits per heavy atom. The molecule has 0 N–H and O–H groups in total. The van der Waals surface area contributed by atoms with Gasteiger partial charge in [0.25, 0.3) is 5.91 Å². The largest absolute Gasteiger partial charge is 0.341 e. The zero-order valence-electron chi connectivity index (χ0n) is 11.4. The molecule has 0 aliphatic rings. The van der Waals surface area contributed by atoms with Crippen molar-refractivity contribution in [3.05, 3.63) is 64.7 Å². The molecule has 0 saturated carbocycles. The third kappa shape index (κ3) is 4.79. The molecule has 0 aliphatic heterocycles. The van der Waals surface area contributed by atoms with Crippen molar-refractivity contribution in [1.82, 2.24) is 9.88 Å². The Bertz CT molecular complexity index is 610. The van der Waals surface area contributed by atoms with Gasteiger partial charge >= 0.3 is 0 Å². The molecule has 0 unspecified atom stereocenters. The van der Waals surface area contributed by atoms with Crippen LogP contribution in [0.15, 0.2) is 42.7 Å².